The molecule has 0 aromatic carbocycles. The van der Waals surface area contributed by atoms with Gasteiger partial charge in [0.25, 0.3) is 0 Å². The minimum absolute atomic E-state index is 0.0487. The molecule has 1 fully saturated rings. The second kappa shape index (κ2) is 6.93. The molecule has 0 aliphatic carbocycles. The lowest BCUT2D eigenvalue weighted by atomic mass is 10.1. The average Bonchev–Trinajstić information content (AvgIpc) is 2.66. The fraction of sp³-hybridized carbons (Fsp3) is 0.917. The molecule has 1 N–H and O–H groups in total. The van der Waals surface area contributed by atoms with Crippen LogP contribution in [0.2, 0.25) is 0 Å². The second-order valence-electron chi connectivity index (χ2n) is 4.66. The predicted molar refractivity (Wildman–Crippen MR) is 63.7 cm³/mol. The molecule has 5 heteroatoms. The summed E-state index contributed by atoms with van der Waals surface area (Å²) in [5.74, 6) is -0.266. The van der Waals surface area contributed by atoms with Crippen LogP contribution in [-0.4, -0.2) is 61.0 Å². The van der Waals surface area contributed by atoms with Gasteiger partial charge in [0.15, 0.2) is 0 Å². The van der Waals surface area contributed by atoms with Gasteiger partial charge in [-0.2, -0.15) is 0 Å². The highest BCUT2D eigenvalue weighted by Gasteiger charge is 2.34. The van der Waals surface area contributed by atoms with E-state index in [1.165, 1.54) is 7.11 Å². The van der Waals surface area contributed by atoms with Crippen LogP contribution in [0.15, 0.2) is 0 Å². The molecule has 0 radical (unpaired) electrons. The van der Waals surface area contributed by atoms with E-state index < -0.39 is 0 Å². The lowest BCUT2D eigenvalue weighted by Crippen LogP contribution is -2.42. The predicted octanol–water partition coefficient (Wildman–Crippen LogP) is 0.410. The van der Waals surface area contributed by atoms with Crippen LogP contribution in [0.5, 0.6) is 0 Å². The average molecular weight is 245 g/mol. The summed E-state index contributed by atoms with van der Waals surface area (Å²) < 4.78 is 9.96. The molecule has 1 aliphatic heterocycles. The monoisotopic (exact) mass is 245 g/mol. The van der Waals surface area contributed by atoms with Crippen LogP contribution < -0.4 is 0 Å². The maximum absolute atomic E-state index is 10.9. The third-order valence-corrected chi connectivity index (χ3v) is 3.18. The Balaban J connectivity index is 2.26. The third kappa shape index (κ3) is 4.26. The van der Waals surface area contributed by atoms with E-state index in [2.05, 4.69) is 23.5 Å². The minimum atomic E-state index is -0.324. The fourth-order valence-corrected chi connectivity index (χ4v) is 2.17. The highest BCUT2D eigenvalue weighted by atomic mass is 16.5. The van der Waals surface area contributed by atoms with Crippen LogP contribution in [-0.2, 0) is 14.3 Å². The third-order valence-electron chi connectivity index (χ3n) is 3.18. The van der Waals surface area contributed by atoms with E-state index in [4.69, 9.17) is 4.74 Å². The topological polar surface area (TPSA) is 59.0 Å². The number of rotatable bonds is 6. The first-order chi connectivity index (χ1) is 8.06. The van der Waals surface area contributed by atoms with E-state index in [1.807, 2.05) is 0 Å². The molecule has 100 valence electrons. The molecule has 0 spiro atoms. The number of carbonyl (C=O) groups excluding carboxylic acids is 1. The molecule has 17 heavy (non-hydrogen) atoms. The van der Waals surface area contributed by atoms with Crippen LogP contribution in [0.4, 0.5) is 0 Å². The molecule has 1 heterocycles. The number of aliphatic hydroxyl groups excluding tert-OH is 1. The van der Waals surface area contributed by atoms with Crippen molar-refractivity contribution in [2.45, 2.75) is 44.9 Å². The Hall–Kier alpha value is -0.650. The van der Waals surface area contributed by atoms with Gasteiger partial charge in [-0.3, -0.25) is 9.69 Å². The lowest BCUT2D eigenvalue weighted by Gasteiger charge is -2.29. The molecule has 0 amide bonds. The first-order valence-corrected chi connectivity index (χ1v) is 6.14. The Labute approximate surface area is 103 Å². The van der Waals surface area contributed by atoms with Gasteiger partial charge < -0.3 is 14.6 Å². The smallest absolute Gasteiger partial charge is 0.307 e. The lowest BCUT2D eigenvalue weighted by molar-refractivity contribution is -0.142. The van der Waals surface area contributed by atoms with Crippen LogP contribution in [0, 0.1) is 0 Å². The molecule has 0 unspecified atom stereocenters. The summed E-state index contributed by atoms with van der Waals surface area (Å²) in [7, 11) is 1.36. The molecule has 1 rings (SSSR count). The summed E-state index contributed by atoms with van der Waals surface area (Å²) >= 11 is 0. The number of likely N-dealkylation sites (tertiary alicyclic amines) is 1. The zero-order valence-corrected chi connectivity index (χ0v) is 10.9. The second-order valence-corrected chi connectivity index (χ2v) is 4.66. The SMILES string of the molecule is COC(=O)CCOC[C@@H]1[C@@H](O)CCN1C(C)C. The van der Waals surface area contributed by atoms with Crippen molar-refractivity contribution >= 4 is 5.97 Å². The zero-order chi connectivity index (χ0) is 12.8. The number of aliphatic hydroxyl groups is 1. The Kier molecular flexibility index (Phi) is 5.88. The van der Waals surface area contributed by atoms with Crippen molar-refractivity contribution < 1.29 is 19.4 Å². The molecule has 1 saturated heterocycles. The van der Waals surface area contributed by atoms with Gasteiger partial charge in [0, 0.05) is 12.6 Å². The van der Waals surface area contributed by atoms with Gasteiger partial charge in [0.1, 0.15) is 0 Å². The molecule has 0 aromatic rings. The van der Waals surface area contributed by atoms with Gasteiger partial charge >= 0.3 is 5.97 Å². The summed E-state index contributed by atoms with van der Waals surface area (Å²) in [5, 5.41) is 9.85. The van der Waals surface area contributed by atoms with Gasteiger partial charge in [-0.1, -0.05) is 0 Å². The van der Waals surface area contributed by atoms with E-state index in [-0.39, 0.29) is 24.5 Å². The fourth-order valence-electron chi connectivity index (χ4n) is 2.17. The minimum Gasteiger partial charge on any atom is -0.469 e. The summed E-state index contributed by atoms with van der Waals surface area (Å²) in [6.07, 6.45) is 0.736. The van der Waals surface area contributed by atoms with Crippen molar-refractivity contribution in [1.82, 2.24) is 4.90 Å². The van der Waals surface area contributed by atoms with Crippen molar-refractivity contribution in [1.29, 1.82) is 0 Å². The maximum Gasteiger partial charge on any atom is 0.307 e. The normalized spacial score (nSPS) is 25.5. The summed E-state index contributed by atoms with van der Waals surface area (Å²) in [4.78, 5) is 13.1. The quantitative estimate of drug-likeness (QED) is 0.542. The van der Waals surface area contributed by atoms with Crippen molar-refractivity contribution in [3.05, 3.63) is 0 Å². The molecular weight excluding hydrogens is 222 g/mol. The van der Waals surface area contributed by atoms with Gasteiger partial charge in [-0.25, -0.2) is 0 Å². The van der Waals surface area contributed by atoms with Crippen LogP contribution >= 0.6 is 0 Å². The zero-order valence-electron chi connectivity index (χ0n) is 10.9. The van der Waals surface area contributed by atoms with Crippen molar-refractivity contribution in [3.63, 3.8) is 0 Å². The van der Waals surface area contributed by atoms with Crippen molar-refractivity contribution in [3.8, 4) is 0 Å². The standard InChI is InChI=1S/C12H23NO4/c1-9(2)13-6-4-11(14)10(13)8-17-7-5-12(15)16-3/h9-11,14H,4-8H2,1-3H3/t10-,11+/m1/s1. The number of ether oxygens (including phenoxy) is 2. The van der Waals surface area contributed by atoms with Crippen LogP contribution in [0.25, 0.3) is 0 Å². The first kappa shape index (κ1) is 14.4. The van der Waals surface area contributed by atoms with Gasteiger partial charge in [0.05, 0.1) is 38.9 Å². The van der Waals surface area contributed by atoms with Crippen LogP contribution in [0.1, 0.15) is 26.7 Å². The van der Waals surface area contributed by atoms with E-state index >= 15 is 0 Å². The number of carbonyl (C=O) groups is 1. The Morgan fingerprint density at radius 1 is 1.53 bits per heavy atom. The Morgan fingerprint density at radius 2 is 2.24 bits per heavy atom. The molecule has 2 atom stereocenters. The van der Waals surface area contributed by atoms with Gasteiger partial charge in [0.2, 0.25) is 0 Å². The first-order valence-electron chi connectivity index (χ1n) is 6.14. The number of hydrogen-bond donors (Lipinski definition) is 1. The van der Waals surface area contributed by atoms with Crippen molar-refractivity contribution in [2.75, 3.05) is 26.9 Å². The maximum atomic E-state index is 10.9. The molecule has 0 saturated carbocycles. The van der Waals surface area contributed by atoms with E-state index in [1.54, 1.807) is 0 Å². The number of hydrogen-bond acceptors (Lipinski definition) is 5. The van der Waals surface area contributed by atoms with Crippen LogP contribution in [0.3, 0.4) is 0 Å². The van der Waals surface area contributed by atoms with Gasteiger partial charge in [-0.15, -0.1) is 0 Å². The molecular formula is C12H23NO4. The van der Waals surface area contributed by atoms with E-state index in [0.717, 1.165) is 13.0 Å². The molecule has 5 nitrogen and oxygen atoms in total. The number of esters is 1. The summed E-state index contributed by atoms with van der Waals surface area (Å²) in [5.41, 5.74) is 0. The number of nitrogens with zero attached hydrogens (tertiary/aromatic N) is 1. The van der Waals surface area contributed by atoms with E-state index in [9.17, 15) is 9.90 Å². The summed E-state index contributed by atoms with van der Waals surface area (Å²) in [6.45, 7) is 5.95. The molecule has 0 bridgehead atoms. The number of methoxy groups -OCH3 is 1. The molecule has 1 aliphatic rings. The van der Waals surface area contributed by atoms with Crippen molar-refractivity contribution in [2.24, 2.45) is 0 Å². The van der Waals surface area contributed by atoms with E-state index in [0.29, 0.717) is 19.3 Å². The largest absolute Gasteiger partial charge is 0.469 e. The Morgan fingerprint density at radius 3 is 2.82 bits per heavy atom. The molecule has 0 aromatic heterocycles. The highest BCUT2D eigenvalue weighted by Crippen LogP contribution is 2.20. The summed E-state index contributed by atoms with van der Waals surface area (Å²) in [6, 6.07) is 0.453. The highest BCUT2D eigenvalue weighted by molar-refractivity contribution is 5.69. The van der Waals surface area contributed by atoms with Gasteiger partial charge in [-0.05, 0) is 20.3 Å². The Bertz CT molecular complexity index is 245.